The highest BCUT2D eigenvalue weighted by molar-refractivity contribution is 5.87. The summed E-state index contributed by atoms with van der Waals surface area (Å²) in [5.41, 5.74) is 1.95. The van der Waals surface area contributed by atoms with Gasteiger partial charge < -0.3 is 10.3 Å². The summed E-state index contributed by atoms with van der Waals surface area (Å²) in [6.45, 7) is 0.391. The van der Waals surface area contributed by atoms with E-state index in [2.05, 4.69) is 15.3 Å². The number of rotatable bonds is 5. The molecule has 0 saturated heterocycles. The molecule has 0 radical (unpaired) electrons. The van der Waals surface area contributed by atoms with E-state index in [-0.39, 0.29) is 11.8 Å². The first-order chi connectivity index (χ1) is 10.8. The number of imidazole rings is 1. The van der Waals surface area contributed by atoms with Crippen molar-refractivity contribution in [2.24, 2.45) is 0 Å². The summed E-state index contributed by atoms with van der Waals surface area (Å²) in [7, 11) is 0. The second kappa shape index (κ2) is 6.72. The number of carbonyl (C=O) groups excluding carboxylic acids is 1. The van der Waals surface area contributed by atoms with Gasteiger partial charge in [0.2, 0.25) is 5.91 Å². The number of nitrogens with zero attached hydrogens (tertiary/aromatic N) is 1. The molecule has 0 fully saturated rings. The number of amides is 1. The number of nitrogens with one attached hydrogen (secondary N) is 2. The Morgan fingerprint density at radius 1 is 1.00 bits per heavy atom. The zero-order chi connectivity index (χ0) is 15.2. The highest BCUT2D eigenvalue weighted by Gasteiger charge is 2.22. The topological polar surface area (TPSA) is 57.8 Å². The highest BCUT2D eigenvalue weighted by atomic mass is 16.1. The van der Waals surface area contributed by atoms with Crippen LogP contribution in [0, 0.1) is 0 Å². The zero-order valence-electron chi connectivity index (χ0n) is 12.1. The minimum atomic E-state index is -0.322. The Hall–Kier alpha value is -2.88. The molecule has 0 bridgehead atoms. The molecule has 1 heterocycles. The van der Waals surface area contributed by atoms with Crippen LogP contribution in [0.15, 0.2) is 73.1 Å². The van der Waals surface area contributed by atoms with Crippen molar-refractivity contribution in [3.63, 3.8) is 0 Å². The van der Waals surface area contributed by atoms with Gasteiger partial charge >= 0.3 is 0 Å². The Labute approximate surface area is 129 Å². The van der Waals surface area contributed by atoms with Crippen molar-refractivity contribution >= 4 is 5.91 Å². The summed E-state index contributed by atoms with van der Waals surface area (Å²) in [4.78, 5) is 19.8. The molecule has 0 aliphatic heterocycles. The van der Waals surface area contributed by atoms with Gasteiger partial charge in [-0.25, -0.2) is 4.98 Å². The summed E-state index contributed by atoms with van der Waals surface area (Å²) in [5, 5.41) is 2.95. The molecular weight excluding hydrogens is 274 g/mol. The predicted octanol–water partition coefficient (Wildman–Crippen LogP) is 2.86. The van der Waals surface area contributed by atoms with Crippen LogP contribution in [0.5, 0.6) is 0 Å². The number of hydrogen-bond acceptors (Lipinski definition) is 2. The second-order valence-corrected chi connectivity index (χ2v) is 5.01. The number of aromatic nitrogens is 2. The van der Waals surface area contributed by atoms with E-state index in [0.717, 1.165) is 17.0 Å². The van der Waals surface area contributed by atoms with E-state index in [0.29, 0.717) is 6.54 Å². The van der Waals surface area contributed by atoms with Crippen LogP contribution in [0.2, 0.25) is 0 Å². The van der Waals surface area contributed by atoms with Gasteiger partial charge in [-0.2, -0.15) is 0 Å². The Balaban J connectivity index is 1.83. The Morgan fingerprint density at radius 2 is 1.59 bits per heavy atom. The van der Waals surface area contributed by atoms with Crippen LogP contribution < -0.4 is 5.32 Å². The van der Waals surface area contributed by atoms with Gasteiger partial charge in [-0.15, -0.1) is 0 Å². The molecule has 0 saturated carbocycles. The maximum Gasteiger partial charge on any atom is 0.232 e. The maximum atomic E-state index is 12.7. The molecular formula is C18H17N3O. The molecule has 1 aromatic heterocycles. The van der Waals surface area contributed by atoms with E-state index in [9.17, 15) is 4.79 Å². The molecule has 2 N–H and O–H groups in total. The Bertz CT molecular complexity index is 669. The number of hydrogen-bond donors (Lipinski definition) is 2. The molecule has 0 unspecified atom stereocenters. The minimum Gasteiger partial charge on any atom is -0.348 e. The largest absolute Gasteiger partial charge is 0.348 e. The van der Waals surface area contributed by atoms with Crippen LogP contribution in [0.1, 0.15) is 22.9 Å². The molecule has 0 aliphatic carbocycles. The van der Waals surface area contributed by atoms with Crippen molar-refractivity contribution in [1.82, 2.24) is 15.3 Å². The smallest absolute Gasteiger partial charge is 0.232 e. The molecule has 0 spiro atoms. The van der Waals surface area contributed by atoms with Crippen molar-refractivity contribution < 1.29 is 4.79 Å². The van der Waals surface area contributed by atoms with Gasteiger partial charge in [-0.1, -0.05) is 60.7 Å². The van der Waals surface area contributed by atoms with Gasteiger partial charge in [0, 0.05) is 12.4 Å². The molecule has 4 heteroatoms. The standard InChI is InChI=1S/C18H17N3O/c22-18(21-13-16-19-11-12-20-16)17(14-7-3-1-4-8-14)15-9-5-2-6-10-15/h1-12,17H,13H2,(H,19,20)(H,21,22). The molecule has 22 heavy (non-hydrogen) atoms. The van der Waals surface area contributed by atoms with Gasteiger partial charge in [0.15, 0.2) is 0 Å². The SMILES string of the molecule is O=C(NCc1ncc[nH]1)C(c1ccccc1)c1ccccc1. The van der Waals surface area contributed by atoms with E-state index in [1.165, 1.54) is 0 Å². The van der Waals surface area contributed by atoms with Gasteiger partial charge in [0.25, 0.3) is 0 Å². The number of benzene rings is 2. The molecule has 0 atom stereocenters. The van der Waals surface area contributed by atoms with Gasteiger partial charge in [0.05, 0.1) is 12.5 Å². The van der Waals surface area contributed by atoms with Gasteiger partial charge in [0.1, 0.15) is 5.82 Å². The quantitative estimate of drug-likeness (QED) is 0.759. The average Bonchev–Trinajstić information content (AvgIpc) is 3.09. The van der Waals surface area contributed by atoms with Crippen molar-refractivity contribution in [1.29, 1.82) is 0 Å². The fourth-order valence-corrected chi connectivity index (χ4v) is 2.45. The molecule has 3 rings (SSSR count). The summed E-state index contributed by atoms with van der Waals surface area (Å²) in [6, 6.07) is 19.6. The van der Waals surface area contributed by atoms with Gasteiger partial charge in [-0.05, 0) is 11.1 Å². The third-order valence-electron chi connectivity index (χ3n) is 3.51. The van der Waals surface area contributed by atoms with Crippen molar-refractivity contribution in [3.8, 4) is 0 Å². The molecule has 4 nitrogen and oxygen atoms in total. The highest BCUT2D eigenvalue weighted by Crippen LogP contribution is 2.24. The van der Waals surface area contributed by atoms with E-state index in [1.807, 2.05) is 60.7 Å². The van der Waals surface area contributed by atoms with Crippen molar-refractivity contribution in [2.75, 3.05) is 0 Å². The lowest BCUT2D eigenvalue weighted by molar-refractivity contribution is -0.121. The molecule has 0 aliphatic rings. The lowest BCUT2D eigenvalue weighted by Gasteiger charge is -2.17. The summed E-state index contributed by atoms with van der Waals surface area (Å²) in [5.74, 6) is 0.388. The lowest BCUT2D eigenvalue weighted by Crippen LogP contribution is -2.30. The van der Waals surface area contributed by atoms with Crippen LogP contribution in [-0.4, -0.2) is 15.9 Å². The van der Waals surface area contributed by atoms with Crippen LogP contribution in [0.25, 0.3) is 0 Å². The monoisotopic (exact) mass is 291 g/mol. The van der Waals surface area contributed by atoms with E-state index in [1.54, 1.807) is 12.4 Å². The van der Waals surface area contributed by atoms with E-state index >= 15 is 0 Å². The van der Waals surface area contributed by atoms with Crippen LogP contribution in [0.3, 0.4) is 0 Å². The summed E-state index contributed by atoms with van der Waals surface area (Å²) < 4.78 is 0. The fraction of sp³-hybridized carbons (Fsp3) is 0.111. The fourth-order valence-electron chi connectivity index (χ4n) is 2.45. The summed E-state index contributed by atoms with van der Waals surface area (Å²) >= 11 is 0. The molecule has 1 amide bonds. The normalized spacial score (nSPS) is 10.6. The third kappa shape index (κ3) is 3.23. The number of aromatic amines is 1. The van der Waals surface area contributed by atoms with Gasteiger partial charge in [-0.3, -0.25) is 4.79 Å². The Morgan fingerprint density at radius 3 is 2.09 bits per heavy atom. The lowest BCUT2D eigenvalue weighted by atomic mass is 9.90. The first-order valence-corrected chi connectivity index (χ1v) is 7.20. The molecule has 3 aromatic rings. The first-order valence-electron chi connectivity index (χ1n) is 7.20. The van der Waals surface area contributed by atoms with E-state index < -0.39 is 0 Å². The number of H-pyrrole nitrogens is 1. The second-order valence-electron chi connectivity index (χ2n) is 5.01. The first kappa shape index (κ1) is 14.1. The van der Waals surface area contributed by atoms with Crippen molar-refractivity contribution in [3.05, 3.63) is 90.0 Å². The maximum absolute atomic E-state index is 12.7. The zero-order valence-corrected chi connectivity index (χ0v) is 12.1. The van der Waals surface area contributed by atoms with Crippen LogP contribution >= 0.6 is 0 Å². The Kier molecular flexibility index (Phi) is 4.30. The third-order valence-corrected chi connectivity index (χ3v) is 3.51. The predicted molar refractivity (Wildman–Crippen MR) is 85.2 cm³/mol. The number of carbonyl (C=O) groups is 1. The molecule has 110 valence electrons. The van der Waals surface area contributed by atoms with Crippen LogP contribution in [0.4, 0.5) is 0 Å². The van der Waals surface area contributed by atoms with E-state index in [4.69, 9.17) is 0 Å². The molecule has 2 aromatic carbocycles. The minimum absolute atomic E-state index is 0.0335. The summed E-state index contributed by atoms with van der Waals surface area (Å²) in [6.07, 6.45) is 3.42. The van der Waals surface area contributed by atoms with Crippen molar-refractivity contribution in [2.45, 2.75) is 12.5 Å². The van der Waals surface area contributed by atoms with Crippen LogP contribution in [-0.2, 0) is 11.3 Å². The average molecular weight is 291 g/mol.